The van der Waals surface area contributed by atoms with Crippen LogP contribution in [0.25, 0.3) is 0 Å². The summed E-state index contributed by atoms with van der Waals surface area (Å²) < 4.78 is 0. The van der Waals surface area contributed by atoms with E-state index in [-0.39, 0.29) is 0 Å². The van der Waals surface area contributed by atoms with E-state index in [2.05, 4.69) is 4.98 Å². The molecule has 0 atom stereocenters. The minimum atomic E-state index is -1.14. The molecule has 0 spiro atoms. The van der Waals surface area contributed by atoms with E-state index in [0.29, 0.717) is 0 Å². The van der Waals surface area contributed by atoms with E-state index in [9.17, 15) is 0 Å². The quantitative estimate of drug-likeness (QED) is 0.655. The Morgan fingerprint density at radius 1 is 1.00 bits per heavy atom. The Morgan fingerprint density at radius 2 is 1.44 bits per heavy atom. The average Bonchev–Trinajstić information content (AvgIpc) is 1.93. The van der Waals surface area contributed by atoms with Crippen LogP contribution in [0.3, 0.4) is 0 Å². The van der Waals surface area contributed by atoms with Gasteiger partial charge in [0.15, 0.2) is 0 Å². The Balaban J connectivity index is 0.000000187. The zero-order chi connectivity index (χ0) is 6.95. The van der Waals surface area contributed by atoms with Gasteiger partial charge in [-0.15, -0.1) is 0 Å². The third-order valence-corrected chi connectivity index (χ3v) is 0.566. The maximum atomic E-state index is 4.99. The van der Waals surface area contributed by atoms with Crippen LogP contribution in [-0.4, -0.2) is 4.98 Å². The molecule has 1 heterocycles. The molecule has 0 N–H and O–H groups in total. The summed E-state index contributed by atoms with van der Waals surface area (Å²) in [6.45, 7) is 0. The fourth-order valence-corrected chi connectivity index (χ4v) is 0.313. The predicted molar refractivity (Wildman–Crippen MR) is 35.9 cm³/mol. The summed E-state index contributed by atoms with van der Waals surface area (Å²) in [5, 5.41) is 0. The Hall–Kier alpha value is 0.665. The Labute approximate surface area is 73.7 Å². The van der Waals surface area contributed by atoms with Crippen LogP contribution in [0, 0.1) is 0 Å². The van der Waals surface area contributed by atoms with Gasteiger partial charge in [-0.2, -0.15) is 0 Å². The van der Waals surface area contributed by atoms with Crippen LogP contribution < -0.4 is 0 Å². The number of nitrogens with zero attached hydrogens (tertiary/aromatic N) is 1. The molecular weight excluding hydrogens is 346 g/mol. The van der Waals surface area contributed by atoms with E-state index < -0.39 is 22.1 Å². The van der Waals surface area contributed by atoms with Gasteiger partial charge in [0.25, 0.3) is 0 Å². The number of hydrogen-bond donors (Lipinski definition) is 0. The fraction of sp³-hybridized carbons (Fsp3) is 0. The van der Waals surface area contributed by atoms with Crippen molar-refractivity contribution in [3.8, 4) is 0 Å². The van der Waals surface area contributed by atoms with Gasteiger partial charge in [-0.3, -0.25) is 4.98 Å². The van der Waals surface area contributed by atoms with E-state index in [0.717, 1.165) is 0 Å². The summed E-state index contributed by atoms with van der Waals surface area (Å²) in [6, 6.07) is 5.72. The van der Waals surface area contributed by atoms with Crippen LogP contribution in [0.2, 0.25) is 0 Å². The molecule has 0 saturated carbocycles. The van der Waals surface area contributed by atoms with Crippen molar-refractivity contribution in [1.29, 1.82) is 0 Å². The van der Waals surface area contributed by atoms with Crippen molar-refractivity contribution < 1.29 is 22.1 Å². The minimum absolute atomic E-state index is 1.14. The Kier molecular flexibility index (Phi) is 9.31. The van der Waals surface area contributed by atoms with Crippen LogP contribution in [0.15, 0.2) is 30.6 Å². The molecule has 9 heavy (non-hydrogen) atoms. The molecule has 1 aromatic rings. The van der Waals surface area contributed by atoms with Crippen LogP contribution in [0.1, 0.15) is 0 Å². The molecule has 0 fully saturated rings. The second-order valence-electron chi connectivity index (χ2n) is 1.13. The second kappa shape index (κ2) is 8.67. The van der Waals surface area contributed by atoms with Gasteiger partial charge in [-0.1, -0.05) is 6.07 Å². The molecule has 0 unspecified atom stereocenters. The molecular formula is C5H5Cl2HgN. The average molecular weight is 351 g/mol. The minimum Gasteiger partial charge on any atom is -0.265 e. The fourth-order valence-electron chi connectivity index (χ4n) is 0.313. The van der Waals surface area contributed by atoms with Gasteiger partial charge in [-0.25, -0.2) is 0 Å². The first kappa shape index (κ1) is 9.67. The molecule has 46 valence electrons. The molecule has 1 aromatic heterocycles. The number of rotatable bonds is 0. The monoisotopic (exact) mass is 351 g/mol. The third-order valence-electron chi connectivity index (χ3n) is 0.566. The summed E-state index contributed by atoms with van der Waals surface area (Å²) in [5.41, 5.74) is 0. The van der Waals surface area contributed by atoms with Gasteiger partial charge in [0.1, 0.15) is 0 Å². The zero-order valence-electron chi connectivity index (χ0n) is 4.80. The van der Waals surface area contributed by atoms with Crippen molar-refractivity contribution in [2.45, 2.75) is 0 Å². The molecule has 1 rings (SSSR count). The van der Waals surface area contributed by atoms with Crippen LogP contribution in [0.4, 0.5) is 0 Å². The van der Waals surface area contributed by atoms with E-state index in [1.807, 2.05) is 18.2 Å². The number of pyridine rings is 1. The van der Waals surface area contributed by atoms with Crippen molar-refractivity contribution in [2.24, 2.45) is 0 Å². The molecule has 0 radical (unpaired) electrons. The van der Waals surface area contributed by atoms with Crippen LogP contribution in [0.5, 0.6) is 0 Å². The molecule has 0 aromatic carbocycles. The van der Waals surface area contributed by atoms with Crippen molar-refractivity contribution in [2.75, 3.05) is 0 Å². The van der Waals surface area contributed by atoms with Crippen LogP contribution >= 0.6 is 16.5 Å². The van der Waals surface area contributed by atoms with Gasteiger partial charge in [0, 0.05) is 12.4 Å². The number of halogens is 2. The van der Waals surface area contributed by atoms with Gasteiger partial charge in [0.05, 0.1) is 0 Å². The second-order valence-corrected chi connectivity index (χ2v) is 9.00. The first-order valence-electron chi connectivity index (χ1n) is 2.38. The third kappa shape index (κ3) is 8.67. The summed E-state index contributed by atoms with van der Waals surface area (Å²) in [7, 11) is 9.97. The Bertz CT molecular complexity index is 97.8. The summed E-state index contributed by atoms with van der Waals surface area (Å²) in [6.07, 6.45) is 3.50. The normalized spacial score (nSPS) is 6.44. The maximum Gasteiger partial charge on any atom is 0.0267 e. The van der Waals surface area contributed by atoms with Gasteiger partial charge >= 0.3 is 38.6 Å². The Morgan fingerprint density at radius 3 is 1.56 bits per heavy atom. The van der Waals surface area contributed by atoms with Gasteiger partial charge in [0.2, 0.25) is 0 Å². The van der Waals surface area contributed by atoms with Crippen molar-refractivity contribution in [3.63, 3.8) is 0 Å². The van der Waals surface area contributed by atoms with E-state index in [1.54, 1.807) is 12.4 Å². The molecule has 1 nitrogen and oxygen atoms in total. The SMILES string of the molecule is [Cl][Hg][Cl].c1ccncc1. The maximum absolute atomic E-state index is 4.99. The molecule has 0 saturated heterocycles. The molecule has 0 aliphatic carbocycles. The van der Waals surface area contributed by atoms with Crippen LogP contribution in [-0.2, 0) is 22.1 Å². The molecule has 0 aliphatic heterocycles. The van der Waals surface area contributed by atoms with Gasteiger partial charge in [-0.05, 0) is 12.1 Å². The zero-order valence-corrected chi connectivity index (χ0v) is 11.8. The predicted octanol–water partition coefficient (Wildman–Crippen LogP) is 2.46. The topological polar surface area (TPSA) is 12.9 Å². The molecule has 0 bridgehead atoms. The smallest absolute Gasteiger partial charge is 0.0267 e. The molecule has 0 aliphatic rings. The summed E-state index contributed by atoms with van der Waals surface area (Å²) in [5.74, 6) is 0. The van der Waals surface area contributed by atoms with E-state index in [1.165, 1.54) is 0 Å². The summed E-state index contributed by atoms with van der Waals surface area (Å²) in [4.78, 5) is 3.78. The van der Waals surface area contributed by atoms with Gasteiger partial charge < -0.3 is 0 Å². The summed E-state index contributed by atoms with van der Waals surface area (Å²) >= 11 is -1.14. The first-order chi connectivity index (χ1) is 4.41. The standard InChI is InChI=1S/C5H5N.2ClH.Hg/c1-2-4-6-5-3-1;;;/h1-5H;2*1H;/q;;;+2/p-2. The van der Waals surface area contributed by atoms with E-state index in [4.69, 9.17) is 16.5 Å². The van der Waals surface area contributed by atoms with Crippen molar-refractivity contribution in [1.82, 2.24) is 4.98 Å². The number of aromatic nitrogens is 1. The van der Waals surface area contributed by atoms with E-state index >= 15 is 0 Å². The molecule has 0 amide bonds. The molecule has 4 heteroatoms. The first-order valence-corrected chi connectivity index (χ1v) is 15.9. The van der Waals surface area contributed by atoms with Crippen molar-refractivity contribution >= 4 is 16.5 Å². The van der Waals surface area contributed by atoms with Crippen molar-refractivity contribution in [3.05, 3.63) is 30.6 Å². The largest absolute Gasteiger partial charge is 0.265 e. The number of hydrogen-bond acceptors (Lipinski definition) is 1.